The summed E-state index contributed by atoms with van der Waals surface area (Å²) >= 11 is 0. The van der Waals surface area contributed by atoms with E-state index in [2.05, 4.69) is 4.98 Å². The lowest BCUT2D eigenvalue weighted by molar-refractivity contribution is -0.170. The van der Waals surface area contributed by atoms with Crippen molar-refractivity contribution in [3.05, 3.63) is 59.7 Å². The van der Waals surface area contributed by atoms with Gasteiger partial charge in [-0.05, 0) is 23.8 Å². The molecule has 2 rings (SSSR count). The van der Waals surface area contributed by atoms with E-state index in [1.807, 2.05) is 0 Å². The van der Waals surface area contributed by atoms with Crippen molar-refractivity contribution in [1.82, 2.24) is 9.29 Å². The largest absolute Gasteiger partial charge is 0.416 e. The quantitative estimate of drug-likeness (QED) is 0.709. The Labute approximate surface area is 146 Å². The van der Waals surface area contributed by atoms with Crippen molar-refractivity contribution >= 4 is 11.0 Å². The predicted molar refractivity (Wildman–Crippen MR) is 78.6 cm³/mol. The molecule has 0 radical (unpaired) electrons. The molecule has 2 atom stereocenters. The summed E-state index contributed by atoms with van der Waals surface area (Å²) in [5.74, 6) is -0.887. The SMILES string of the molecule is CN(C(c1ccc(C(F)(F)F)cc1)C(F)(F)F)S(=O)c1cncc(F)c1. The number of alkyl halides is 6. The van der Waals surface area contributed by atoms with E-state index in [0.29, 0.717) is 28.6 Å². The van der Waals surface area contributed by atoms with Crippen LogP contribution in [-0.2, 0) is 17.2 Å². The van der Waals surface area contributed by atoms with Gasteiger partial charge < -0.3 is 0 Å². The van der Waals surface area contributed by atoms with Crippen molar-refractivity contribution in [1.29, 1.82) is 0 Å². The zero-order valence-corrected chi connectivity index (χ0v) is 13.8. The lowest BCUT2D eigenvalue weighted by Crippen LogP contribution is -2.37. The third-order valence-electron chi connectivity index (χ3n) is 3.37. The molecule has 1 aromatic heterocycles. The maximum Gasteiger partial charge on any atom is 0.416 e. The zero-order chi connectivity index (χ0) is 19.7. The van der Waals surface area contributed by atoms with Crippen molar-refractivity contribution in [2.24, 2.45) is 0 Å². The summed E-state index contributed by atoms with van der Waals surface area (Å²) in [4.78, 5) is 3.11. The maximum atomic E-state index is 13.5. The third kappa shape index (κ3) is 4.58. The predicted octanol–water partition coefficient (Wildman–Crippen LogP) is 4.50. The number of benzene rings is 1. The first-order valence-electron chi connectivity index (χ1n) is 6.90. The molecule has 0 bridgehead atoms. The molecule has 0 saturated carbocycles. The monoisotopic (exact) mass is 400 g/mol. The summed E-state index contributed by atoms with van der Waals surface area (Å²) in [6, 6.07) is 0.647. The van der Waals surface area contributed by atoms with Gasteiger partial charge in [0.05, 0.1) is 16.7 Å². The van der Waals surface area contributed by atoms with Crippen LogP contribution in [0.4, 0.5) is 30.7 Å². The van der Waals surface area contributed by atoms with Crippen molar-refractivity contribution < 1.29 is 34.9 Å². The summed E-state index contributed by atoms with van der Waals surface area (Å²) in [5, 5.41) is 0. The van der Waals surface area contributed by atoms with Gasteiger partial charge in [-0.3, -0.25) is 4.98 Å². The number of nitrogens with zero attached hydrogens (tertiary/aromatic N) is 2. The topological polar surface area (TPSA) is 33.2 Å². The van der Waals surface area contributed by atoms with E-state index in [0.717, 1.165) is 25.5 Å². The molecule has 142 valence electrons. The molecule has 0 aliphatic rings. The van der Waals surface area contributed by atoms with Gasteiger partial charge in [0.25, 0.3) is 0 Å². The van der Waals surface area contributed by atoms with E-state index in [4.69, 9.17) is 0 Å². The molecule has 1 heterocycles. The number of hydrogen-bond donors (Lipinski definition) is 0. The van der Waals surface area contributed by atoms with Crippen LogP contribution in [0, 0.1) is 5.82 Å². The Morgan fingerprint density at radius 3 is 2.08 bits per heavy atom. The average molecular weight is 400 g/mol. The van der Waals surface area contributed by atoms with Crippen LogP contribution in [0.1, 0.15) is 17.2 Å². The minimum Gasteiger partial charge on any atom is -0.260 e. The van der Waals surface area contributed by atoms with Crippen molar-refractivity contribution in [2.75, 3.05) is 7.05 Å². The van der Waals surface area contributed by atoms with Crippen molar-refractivity contribution in [3.8, 4) is 0 Å². The molecule has 0 spiro atoms. The maximum absolute atomic E-state index is 13.5. The first-order chi connectivity index (χ1) is 11.9. The normalized spacial score (nSPS) is 15.1. The molecule has 3 nitrogen and oxygen atoms in total. The Bertz CT molecular complexity index is 790. The molecule has 11 heteroatoms. The van der Waals surface area contributed by atoms with Crippen LogP contribution in [0.15, 0.2) is 47.6 Å². The van der Waals surface area contributed by atoms with E-state index < -0.39 is 46.3 Å². The van der Waals surface area contributed by atoms with Gasteiger partial charge in [0.15, 0.2) is 0 Å². The molecule has 2 unspecified atom stereocenters. The Morgan fingerprint density at radius 1 is 1.04 bits per heavy atom. The molecule has 26 heavy (non-hydrogen) atoms. The zero-order valence-electron chi connectivity index (χ0n) is 13.0. The second-order valence-corrected chi connectivity index (χ2v) is 6.74. The van der Waals surface area contributed by atoms with Crippen LogP contribution in [0.2, 0.25) is 0 Å². The molecular weight excluding hydrogens is 389 g/mol. The van der Waals surface area contributed by atoms with Gasteiger partial charge in [-0.2, -0.15) is 26.3 Å². The van der Waals surface area contributed by atoms with Crippen molar-refractivity contribution in [3.63, 3.8) is 0 Å². The summed E-state index contributed by atoms with van der Waals surface area (Å²) in [6.45, 7) is 0. The van der Waals surface area contributed by atoms with Crippen LogP contribution >= 0.6 is 0 Å². The van der Waals surface area contributed by atoms with Crippen LogP contribution < -0.4 is 0 Å². The molecule has 0 saturated heterocycles. The molecule has 0 amide bonds. The van der Waals surface area contributed by atoms with E-state index in [9.17, 15) is 34.9 Å². The van der Waals surface area contributed by atoms with E-state index in [1.165, 1.54) is 0 Å². The fourth-order valence-electron chi connectivity index (χ4n) is 2.21. The molecule has 2 aromatic rings. The summed E-state index contributed by atoms with van der Waals surface area (Å²) in [6.07, 6.45) is -7.91. The second kappa shape index (κ2) is 7.31. The number of aromatic nitrogens is 1. The van der Waals surface area contributed by atoms with E-state index in [-0.39, 0.29) is 4.90 Å². The van der Waals surface area contributed by atoms with E-state index in [1.54, 1.807) is 0 Å². The molecular formula is C15H11F7N2OS. The lowest BCUT2D eigenvalue weighted by Gasteiger charge is -2.29. The summed E-state index contributed by atoms with van der Waals surface area (Å²) in [7, 11) is -1.58. The van der Waals surface area contributed by atoms with Crippen LogP contribution in [0.5, 0.6) is 0 Å². The number of pyridine rings is 1. The first kappa shape index (κ1) is 20.3. The minimum atomic E-state index is -4.94. The smallest absolute Gasteiger partial charge is 0.260 e. The van der Waals surface area contributed by atoms with Gasteiger partial charge in [-0.25, -0.2) is 12.9 Å². The number of hydrogen-bond acceptors (Lipinski definition) is 2. The van der Waals surface area contributed by atoms with Gasteiger partial charge >= 0.3 is 12.4 Å². The van der Waals surface area contributed by atoms with Crippen LogP contribution in [0.3, 0.4) is 0 Å². The third-order valence-corrected chi connectivity index (χ3v) is 4.73. The minimum absolute atomic E-state index is 0.311. The van der Waals surface area contributed by atoms with Gasteiger partial charge in [-0.15, -0.1) is 0 Å². The van der Waals surface area contributed by atoms with E-state index >= 15 is 0 Å². The standard InChI is InChI=1S/C15H11F7N2OS/c1-24(26(25)12-6-11(16)7-23-8-12)13(15(20,21)22)9-2-4-10(5-3-9)14(17,18)19/h2-8,13H,1H3. The lowest BCUT2D eigenvalue weighted by atomic mass is 10.0. The molecule has 0 fully saturated rings. The molecule has 0 aliphatic carbocycles. The molecule has 0 aliphatic heterocycles. The van der Waals surface area contributed by atoms with Crippen molar-refractivity contribution in [2.45, 2.75) is 23.3 Å². The first-order valence-corrected chi connectivity index (χ1v) is 8.01. The highest BCUT2D eigenvalue weighted by atomic mass is 32.2. The van der Waals surface area contributed by atoms with Gasteiger partial charge in [-0.1, -0.05) is 12.1 Å². The molecule has 0 N–H and O–H groups in total. The average Bonchev–Trinajstić information content (AvgIpc) is 2.52. The highest BCUT2D eigenvalue weighted by molar-refractivity contribution is 7.82. The fourth-order valence-corrected chi connectivity index (χ4v) is 3.34. The summed E-state index contributed by atoms with van der Waals surface area (Å²) < 4.78 is 104. The second-order valence-electron chi connectivity index (χ2n) is 5.20. The van der Waals surface area contributed by atoms with Crippen LogP contribution in [0.25, 0.3) is 0 Å². The summed E-state index contributed by atoms with van der Waals surface area (Å²) in [5.41, 5.74) is -1.65. The highest BCUT2D eigenvalue weighted by Crippen LogP contribution is 2.39. The molecule has 1 aromatic carbocycles. The van der Waals surface area contributed by atoms with Crippen LogP contribution in [-0.4, -0.2) is 26.7 Å². The fraction of sp³-hybridized carbons (Fsp3) is 0.267. The van der Waals surface area contributed by atoms with Gasteiger partial charge in [0, 0.05) is 13.2 Å². The van der Waals surface area contributed by atoms with Gasteiger partial charge in [0.2, 0.25) is 0 Å². The Morgan fingerprint density at radius 2 is 1.62 bits per heavy atom. The van der Waals surface area contributed by atoms with Gasteiger partial charge in [0.1, 0.15) is 22.8 Å². The highest BCUT2D eigenvalue weighted by Gasteiger charge is 2.46. The number of rotatable bonds is 4. The Hall–Kier alpha value is -2.01. The number of halogens is 7. The Balaban J connectivity index is 2.40. The Kier molecular flexibility index (Phi) is 5.71.